The Hall–Kier alpha value is -2.49. The van der Waals surface area contributed by atoms with Gasteiger partial charge in [-0.3, -0.25) is 4.79 Å². The van der Waals surface area contributed by atoms with E-state index in [1.807, 2.05) is 54.6 Å². The minimum atomic E-state index is 0.0143. The number of anilines is 1. The van der Waals surface area contributed by atoms with Gasteiger partial charge in [0.1, 0.15) is 5.75 Å². The lowest BCUT2D eigenvalue weighted by Gasteiger charge is -2.07. The molecule has 0 atom stereocenters. The highest BCUT2D eigenvalue weighted by molar-refractivity contribution is 5.94. The normalized spacial score (nSPS) is 10.4. The molecule has 4 heteroatoms. The van der Waals surface area contributed by atoms with E-state index in [-0.39, 0.29) is 5.91 Å². The van der Waals surface area contributed by atoms with Gasteiger partial charge in [0.05, 0.1) is 6.61 Å². The fourth-order valence-corrected chi connectivity index (χ4v) is 2.58. The number of amides is 1. The number of hydrogen-bond acceptors (Lipinski definition) is 3. The number of nitrogens with two attached hydrogens (primary N) is 1. The molecule has 134 valence electrons. The summed E-state index contributed by atoms with van der Waals surface area (Å²) in [6.07, 6.45) is 6.82. The van der Waals surface area contributed by atoms with E-state index in [2.05, 4.69) is 5.32 Å². The van der Waals surface area contributed by atoms with Crippen molar-refractivity contribution in [2.75, 3.05) is 18.9 Å². The van der Waals surface area contributed by atoms with Crippen LogP contribution in [0.1, 0.15) is 48.9 Å². The fourth-order valence-electron chi connectivity index (χ4n) is 2.58. The molecule has 0 saturated carbocycles. The van der Waals surface area contributed by atoms with Crippen molar-refractivity contribution in [2.24, 2.45) is 0 Å². The van der Waals surface area contributed by atoms with E-state index in [1.54, 1.807) is 0 Å². The van der Waals surface area contributed by atoms with Crippen molar-refractivity contribution in [3.05, 3.63) is 60.2 Å². The average molecular weight is 340 g/mol. The smallest absolute Gasteiger partial charge is 0.251 e. The number of nitrogen functional groups attached to an aromatic ring is 1. The van der Waals surface area contributed by atoms with Gasteiger partial charge < -0.3 is 15.8 Å². The van der Waals surface area contributed by atoms with Gasteiger partial charge in [-0.2, -0.15) is 0 Å². The molecule has 1 amide bonds. The third-order valence-corrected chi connectivity index (χ3v) is 4.04. The summed E-state index contributed by atoms with van der Waals surface area (Å²) in [5.41, 5.74) is 7.12. The van der Waals surface area contributed by atoms with Crippen LogP contribution in [0, 0.1) is 0 Å². The molecule has 0 aliphatic rings. The summed E-state index contributed by atoms with van der Waals surface area (Å²) in [4.78, 5) is 11.9. The molecule has 0 fully saturated rings. The number of unbranched alkanes of at least 4 members (excludes halogenated alkanes) is 5. The predicted molar refractivity (Wildman–Crippen MR) is 103 cm³/mol. The van der Waals surface area contributed by atoms with E-state index in [1.165, 1.54) is 19.3 Å². The van der Waals surface area contributed by atoms with E-state index >= 15 is 0 Å². The standard InChI is InChI=1S/C21H28N2O2/c22-19-12-14-20(15-13-19)25-17-9-4-2-1-3-8-16-23-21(24)18-10-6-5-7-11-18/h5-7,10-15H,1-4,8-9,16-17,22H2,(H,23,24). The summed E-state index contributed by atoms with van der Waals surface area (Å²) in [6.45, 7) is 1.49. The molecule has 4 nitrogen and oxygen atoms in total. The number of benzene rings is 2. The van der Waals surface area contributed by atoms with Crippen molar-refractivity contribution in [1.29, 1.82) is 0 Å². The fraction of sp³-hybridized carbons (Fsp3) is 0.381. The third kappa shape index (κ3) is 7.75. The zero-order valence-corrected chi connectivity index (χ0v) is 14.7. The van der Waals surface area contributed by atoms with Gasteiger partial charge in [0.25, 0.3) is 5.91 Å². The van der Waals surface area contributed by atoms with Crippen LogP contribution in [0.2, 0.25) is 0 Å². The average Bonchev–Trinajstić information content (AvgIpc) is 2.65. The summed E-state index contributed by atoms with van der Waals surface area (Å²) in [7, 11) is 0. The summed E-state index contributed by atoms with van der Waals surface area (Å²) in [6, 6.07) is 16.9. The van der Waals surface area contributed by atoms with Crippen molar-refractivity contribution in [2.45, 2.75) is 38.5 Å². The van der Waals surface area contributed by atoms with Crippen molar-refractivity contribution in [3.8, 4) is 5.75 Å². The first-order valence-corrected chi connectivity index (χ1v) is 9.07. The molecule has 0 aliphatic heterocycles. The lowest BCUT2D eigenvalue weighted by atomic mass is 10.1. The van der Waals surface area contributed by atoms with Crippen LogP contribution >= 0.6 is 0 Å². The first-order valence-electron chi connectivity index (χ1n) is 9.07. The Labute approximate surface area is 150 Å². The van der Waals surface area contributed by atoms with Gasteiger partial charge >= 0.3 is 0 Å². The molecule has 0 unspecified atom stereocenters. The maximum absolute atomic E-state index is 11.9. The number of carbonyl (C=O) groups is 1. The molecular weight excluding hydrogens is 312 g/mol. The Kier molecular flexibility index (Phi) is 8.39. The number of nitrogens with one attached hydrogen (secondary N) is 1. The molecule has 0 bridgehead atoms. The number of carbonyl (C=O) groups excluding carboxylic acids is 1. The van der Waals surface area contributed by atoms with E-state index in [0.717, 1.165) is 49.4 Å². The Morgan fingerprint density at radius 1 is 0.840 bits per heavy atom. The van der Waals surface area contributed by atoms with E-state index in [9.17, 15) is 4.79 Å². The highest BCUT2D eigenvalue weighted by atomic mass is 16.5. The van der Waals surface area contributed by atoms with Crippen LogP contribution in [0.3, 0.4) is 0 Å². The van der Waals surface area contributed by atoms with Crippen molar-refractivity contribution in [1.82, 2.24) is 5.32 Å². The van der Waals surface area contributed by atoms with Crippen LogP contribution in [0.15, 0.2) is 54.6 Å². The third-order valence-electron chi connectivity index (χ3n) is 4.04. The van der Waals surface area contributed by atoms with Crippen molar-refractivity contribution < 1.29 is 9.53 Å². The molecule has 3 N–H and O–H groups in total. The Morgan fingerprint density at radius 3 is 2.20 bits per heavy atom. The summed E-state index contributed by atoms with van der Waals surface area (Å²) >= 11 is 0. The molecule has 0 spiro atoms. The van der Waals surface area contributed by atoms with E-state index < -0.39 is 0 Å². The highest BCUT2D eigenvalue weighted by Gasteiger charge is 2.02. The lowest BCUT2D eigenvalue weighted by molar-refractivity contribution is 0.0953. The largest absolute Gasteiger partial charge is 0.494 e. The van der Waals surface area contributed by atoms with Gasteiger partial charge in [0, 0.05) is 17.8 Å². The molecule has 2 aromatic carbocycles. The van der Waals surface area contributed by atoms with Gasteiger partial charge in [-0.05, 0) is 49.2 Å². The molecule has 2 aromatic rings. The lowest BCUT2D eigenvalue weighted by Crippen LogP contribution is -2.24. The molecule has 25 heavy (non-hydrogen) atoms. The maximum atomic E-state index is 11.9. The number of rotatable bonds is 11. The Balaban J connectivity index is 1.41. The monoisotopic (exact) mass is 340 g/mol. The molecule has 0 radical (unpaired) electrons. The van der Waals surface area contributed by atoms with Crippen LogP contribution in [0.25, 0.3) is 0 Å². The van der Waals surface area contributed by atoms with Crippen LogP contribution in [0.5, 0.6) is 5.75 Å². The molecule has 0 aliphatic carbocycles. The SMILES string of the molecule is Nc1ccc(OCCCCCCCCNC(=O)c2ccccc2)cc1. The molecular formula is C21H28N2O2. The zero-order chi connectivity index (χ0) is 17.7. The van der Waals surface area contributed by atoms with E-state index in [4.69, 9.17) is 10.5 Å². The molecule has 0 saturated heterocycles. The van der Waals surface area contributed by atoms with Gasteiger partial charge in [-0.15, -0.1) is 0 Å². The Morgan fingerprint density at radius 2 is 1.48 bits per heavy atom. The van der Waals surface area contributed by atoms with E-state index in [0.29, 0.717) is 0 Å². The zero-order valence-electron chi connectivity index (χ0n) is 14.7. The van der Waals surface area contributed by atoms with Crippen molar-refractivity contribution >= 4 is 11.6 Å². The first kappa shape index (κ1) is 18.8. The van der Waals surface area contributed by atoms with Gasteiger partial charge in [0.15, 0.2) is 0 Å². The summed E-state index contributed by atoms with van der Waals surface area (Å²) < 4.78 is 5.67. The topological polar surface area (TPSA) is 64.3 Å². The number of hydrogen-bond donors (Lipinski definition) is 2. The first-order chi connectivity index (χ1) is 12.3. The maximum Gasteiger partial charge on any atom is 0.251 e. The van der Waals surface area contributed by atoms with Crippen LogP contribution in [-0.2, 0) is 0 Å². The molecule has 2 rings (SSSR count). The van der Waals surface area contributed by atoms with Crippen LogP contribution < -0.4 is 15.8 Å². The number of ether oxygens (including phenoxy) is 1. The van der Waals surface area contributed by atoms with Crippen molar-refractivity contribution in [3.63, 3.8) is 0 Å². The minimum absolute atomic E-state index is 0.0143. The summed E-state index contributed by atoms with van der Waals surface area (Å²) in [5.74, 6) is 0.892. The van der Waals surface area contributed by atoms with Gasteiger partial charge in [-0.1, -0.05) is 43.9 Å². The second-order valence-corrected chi connectivity index (χ2v) is 6.16. The quantitative estimate of drug-likeness (QED) is 0.470. The molecule has 0 heterocycles. The van der Waals surface area contributed by atoms with Gasteiger partial charge in [0.2, 0.25) is 0 Å². The van der Waals surface area contributed by atoms with Crippen LogP contribution in [0.4, 0.5) is 5.69 Å². The highest BCUT2D eigenvalue weighted by Crippen LogP contribution is 2.14. The second-order valence-electron chi connectivity index (χ2n) is 6.16. The minimum Gasteiger partial charge on any atom is -0.494 e. The Bertz CT molecular complexity index is 612. The van der Waals surface area contributed by atoms with Gasteiger partial charge in [-0.25, -0.2) is 0 Å². The second kappa shape index (κ2) is 11.1. The van der Waals surface area contributed by atoms with Crippen LogP contribution in [-0.4, -0.2) is 19.1 Å². The summed E-state index contributed by atoms with van der Waals surface area (Å²) in [5, 5.41) is 2.96. The predicted octanol–water partition coefficient (Wildman–Crippen LogP) is 4.42. The molecule has 0 aromatic heterocycles.